The maximum atomic E-state index is 14.8. The molecule has 1 aliphatic heterocycles. The first-order chi connectivity index (χ1) is 13.1. The molecule has 1 fully saturated rings. The SMILES string of the molecule is CN(C(=O)C[C@@H]1CCNC1)c1ccc(-c2ccc3ccccc3c2)cc1F. The van der Waals surface area contributed by atoms with Crippen molar-refractivity contribution in [2.75, 3.05) is 25.0 Å². The first-order valence-corrected chi connectivity index (χ1v) is 9.38. The molecule has 27 heavy (non-hydrogen) atoms. The molecule has 0 bridgehead atoms. The Labute approximate surface area is 158 Å². The molecule has 0 radical (unpaired) electrons. The molecule has 1 atom stereocenters. The van der Waals surface area contributed by atoms with E-state index in [9.17, 15) is 9.18 Å². The van der Waals surface area contributed by atoms with E-state index in [2.05, 4.69) is 17.4 Å². The van der Waals surface area contributed by atoms with Crippen LogP contribution in [-0.2, 0) is 4.79 Å². The van der Waals surface area contributed by atoms with E-state index >= 15 is 0 Å². The van der Waals surface area contributed by atoms with Crippen LogP contribution in [0.2, 0.25) is 0 Å². The van der Waals surface area contributed by atoms with Crippen LogP contribution in [0.15, 0.2) is 60.7 Å². The summed E-state index contributed by atoms with van der Waals surface area (Å²) in [6, 6.07) is 19.3. The zero-order valence-electron chi connectivity index (χ0n) is 15.4. The van der Waals surface area contributed by atoms with Gasteiger partial charge in [0.25, 0.3) is 0 Å². The highest BCUT2D eigenvalue weighted by atomic mass is 19.1. The van der Waals surface area contributed by atoms with Crippen LogP contribution in [0.3, 0.4) is 0 Å². The summed E-state index contributed by atoms with van der Waals surface area (Å²) in [5.41, 5.74) is 2.10. The highest BCUT2D eigenvalue weighted by molar-refractivity contribution is 5.93. The van der Waals surface area contributed by atoms with Gasteiger partial charge in [-0.15, -0.1) is 0 Å². The standard InChI is InChI=1S/C23H23FN2O/c1-26(23(27)12-16-10-11-25-15-16)22-9-8-20(14-21(22)24)19-7-6-17-4-2-3-5-18(17)13-19/h2-9,13-14,16,25H,10-12,15H2,1H3/t16-/m0/s1. The zero-order chi connectivity index (χ0) is 18.8. The topological polar surface area (TPSA) is 32.3 Å². The van der Waals surface area contributed by atoms with Crippen molar-refractivity contribution >= 4 is 22.4 Å². The normalized spacial score (nSPS) is 16.6. The predicted octanol–water partition coefficient (Wildman–Crippen LogP) is 4.61. The van der Waals surface area contributed by atoms with Gasteiger partial charge < -0.3 is 10.2 Å². The van der Waals surface area contributed by atoms with Gasteiger partial charge in [0.05, 0.1) is 5.69 Å². The Balaban J connectivity index is 1.56. The molecular weight excluding hydrogens is 339 g/mol. The van der Waals surface area contributed by atoms with Crippen molar-refractivity contribution in [2.24, 2.45) is 5.92 Å². The largest absolute Gasteiger partial charge is 0.316 e. The monoisotopic (exact) mass is 362 g/mol. The Bertz CT molecular complexity index is 979. The number of benzene rings is 3. The lowest BCUT2D eigenvalue weighted by molar-refractivity contribution is -0.119. The lowest BCUT2D eigenvalue weighted by Crippen LogP contribution is -2.29. The van der Waals surface area contributed by atoms with E-state index in [-0.39, 0.29) is 11.7 Å². The minimum Gasteiger partial charge on any atom is -0.316 e. The second kappa shape index (κ2) is 7.49. The van der Waals surface area contributed by atoms with Crippen LogP contribution in [0.4, 0.5) is 10.1 Å². The van der Waals surface area contributed by atoms with Crippen LogP contribution in [0.25, 0.3) is 21.9 Å². The summed E-state index contributed by atoms with van der Waals surface area (Å²) in [6.45, 7) is 1.82. The fraction of sp³-hybridized carbons (Fsp3) is 0.261. The highest BCUT2D eigenvalue weighted by Crippen LogP contribution is 2.29. The van der Waals surface area contributed by atoms with Crippen molar-refractivity contribution in [2.45, 2.75) is 12.8 Å². The molecular formula is C23H23FN2O. The molecule has 1 N–H and O–H groups in total. The molecule has 1 heterocycles. The van der Waals surface area contributed by atoms with Crippen molar-refractivity contribution in [3.05, 3.63) is 66.5 Å². The van der Waals surface area contributed by atoms with E-state index in [0.29, 0.717) is 18.0 Å². The number of amides is 1. The number of fused-ring (bicyclic) bond motifs is 1. The number of nitrogens with zero attached hydrogens (tertiary/aromatic N) is 1. The zero-order valence-corrected chi connectivity index (χ0v) is 15.4. The Hall–Kier alpha value is -2.72. The fourth-order valence-electron chi connectivity index (χ4n) is 3.73. The third-order valence-corrected chi connectivity index (χ3v) is 5.39. The Morgan fingerprint density at radius 1 is 1.07 bits per heavy atom. The third-order valence-electron chi connectivity index (χ3n) is 5.39. The summed E-state index contributed by atoms with van der Waals surface area (Å²) < 4.78 is 14.8. The molecule has 1 saturated heterocycles. The van der Waals surface area contributed by atoms with Gasteiger partial charge in [-0.05, 0) is 65.5 Å². The van der Waals surface area contributed by atoms with E-state index in [1.54, 1.807) is 13.1 Å². The first-order valence-electron chi connectivity index (χ1n) is 9.38. The smallest absolute Gasteiger partial charge is 0.227 e. The Morgan fingerprint density at radius 3 is 2.56 bits per heavy atom. The maximum absolute atomic E-state index is 14.8. The summed E-state index contributed by atoms with van der Waals surface area (Å²) in [5.74, 6) is -0.0676. The molecule has 3 aromatic carbocycles. The first kappa shape index (κ1) is 17.7. The molecule has 0 unspecified atom stereocenters. The second-order valence-electron chi connectivity index (χ2n) is 7.24. The summed E-state index contributed by atoms with van der Waals surface area (Å²) >= 11 is 0. The second-order valence-corrected chi connectivity index (χ2v) is 7.24. The van der Waals surface area contributed by atoms with Gasteiger partial charge in [0.15, 0.2) is 0 Å². The highest BCUT2D eigenvalue weighted by Gasteiger charge is 2.22. The summed E-state index contributed by atoms with van der Waals surface area (Å²) in [5, 5.41) is 5.54. The van der Waals surface area contributed by atoms with Crippen molar-refractivity contribution in [1.82, 2.24) is 5.32 Å². The van der Waals surface area contributed by atoms with E-state index in [1.165, 1.54) is 11.0 Å². The Morgan fingerprint density at radius 2 is 1.81 bits per heavy atom. The number of hydrogen-bond acceptors (Lipinski definition) is 2. The maximum Gasteiger partial charge on any atom is 0.227 e. The average molecular weight is 362 g/mol. The summed E-state index contributed by atoms with van der Waals surface area (Å²) in [4.78, 5) is 13.9. The van der Waals surface area contributed by atoms with E-state index in [4.69, 9.17) is 0 Å². The fourth-order valence-corrected chi connectivity index (χ4v) is 3.73. The minimum absolute atomic E-state index is 0.0407. The van der Waals surface area contributed by atoms with Crippen LogP contribution in [0.5, 0.6) is 0 Å². The molecule has 1 aliphatic rings. The van der Waals surface area contributed by atoms with Gasteiger partial charge in [0.1, 0.15) is 5.82 Å². The molecule has 0 saturated carbocycles. The van der Waals surface area contributed by atoms with Gasteiger partial charge in [-0.1, -0.05) is 42.5 Å². The van der Waals surface area contributed by atoms with Gasteiger partial charge in [-0.3, -0.25) is 4.79 Å². The van der Waals surface area contributed by atoms with Gasteiger partial charge in [0, 0.05) is 13.5 Å². The summed E-state index contributed by atoms with van der Waals surface area (Å²) in [6.07, 6.45) is 1.46. The molecule has 1 amide bonds. The van der Waals surface area contributed by atoms with E-state index < -0.39 is 0 Å². The van der Waals surface area contributed by atoms with Gasteiger partial charge in [-0.25, -0.2) is 4.39 Å². The molecule has 4 rings (SSSR count). The van der Waals surface area contributed by atoms with Crippen LogP contribution in [0.1, 0.15) is 12.8 Å². The molecule has 4 heteroatoms. The lowest BCUT2D eigenvalue weighted by Gasteiger charge is -2.20. The van der Waals surface area contributed by atoms with Gasteiger partial charge in [0.2, 0.25) is 5.91 Å². The predicted molar refractivity (Wildman–Crippen MR) is 108 cm³/mol. The van der Waals surface area contributed by atoms with Crippen LogP contribution < -0.4 is 10.2 Å². The number of halogens is 1. The van der Waals surface area contributed by atoms with Crippen molar-refractivity contribution in [3.63, 3.8) is 0 Å². The molecule has 3 nitrogen and oxygen atoms in total. The number of carbonyl (C=O) groups excluding carboxylic acids is 1. The van der Waals surface area contributed by atoms with Crippen molar-refractivity contribution in [3.8, 4) is 11.1 Å². The van der Waals surface area contributed by atoms with Crippen LogP contribution in [-0.4, -0.2) is 26.0 Å². The average Bonchev–Trinajstić information content (AvgIpc) is 3.20. The number of hydrogen-bond donors (Lipinski definition) is 1. The molecule has 3 aromatic rings. The molecule has 138 valence electrons. The van der Waals surface area contributed by atoms with E-state index in [0.717, 1.165) is 41.4 Å². The number of rotatable bonds is 4. The number of carbonyl (C=O) groups is 1. The van der Waals surface area contributed by atoms with Gasteiger partial charge >= 0.3 is 0 Å². The lowest BCUT2D eigenvalue weighted by atomic mass is 10.0. The van der Waals surface area contributed by atoms with E-state index in [1.807, 2.05) is 36.4 Å². The Kier molecular flexibility index (Phi) is 4.90. The number of nitrogens with one attached hydrogen (secondary N) is 1. The molecule has 0 aliphatic carbocycles. The third kappa shape index (κ3) is 3.71. The quantitative estimate of drug-likeness (QED) is 0.735. The van der Waals surface area contributed by atoms with Crippen molar-refractivity contribution in [1.29, 1.82) is 0 Å². The summed E-state index contributed by atoms with van der Waals surface area (Å²) in [7, 11) is 1.65. The van der Waals surface area contributed by atoms with Gasteiger partial charge in [-0.2, -0.15) is 0 Å². The van der Waals surface area contributed by atoms with Crippen LogP contribution in [0, 0.1) is 11.7 Å². The van der Waals surface area contributed by atoms with Crippen molar-refractivity contribution < 1.29 is 9.18 Å². The van der Waals surface area contributed by atoms with Crippen LogP contribution >= 0.6 is 0 Å². The number of anilines is 1. The molecule has 0 aromatic heterocycles. The molecule has 0 spiro atoms. The minimum atomic E-state index is -0.374.